The van der Waals surface area contributed by atoms with E-state index >= 15 is 0 Å². The zero-order valence-electron chi connectivity index (χ0n) is 11.4. The Kier molecular flexibility index (Phi) is 3.45. The van der Waals surface area contributed by atoms with Gasteiger partial charge in [0.1, 0.15) is 7.14 Å². The third-order valence-electron chi connectivity index (χ3n) is 3.31. The van der Waals surface area contributed by atoms with Crippen molar-refractivity contribution >= 4 is 17.8 Å². The molecule has 94 valence electrons. The largest absolute Gasteiger partial charge is 0.314 e. The van der Waals surface area contributed by atoms with Crippen molar-refractivity contribution in [1.29, 1.82) is 0 Å². The predicted octanol–water partition coefficient (Wildman–Crippen LogP) is 3.56. The molecule has 1 unspecified atom stereocenters. The zero-order chi connectivity index (χ0) is 13.3. The Hall–Kier alpha value is -1.33. The van der Waals surface area contributed by atoms with E-state index in [4.69, 9.17) is 0 Å². The van der Waals surface area contributed by atoms with Gasteiger partial charge in [0.05, 0.1) is 0 Å². The van der Waals surface area contributed by atoms with Crippen LogP contribution < -0.4 is 10.6 Å². The second-order valence-electron chi connectivity index (χ2n) is 5.01. The fourth-order valence-corrected chi connectivity index (χ4v) is 5.16. The van der Waals surface area contributed by atoms with Gasteiger partial charge in [-0.1, -0.05) is 48.0 Å². The monoisotopic (exact) mass is 258 g/mol. The van der Waals surface area contributed by atoms with Gasteiger partial charge in [-0.25, -0.2) is 0 Å². The van der Waals surface area contributed by atoms with Gasteiger partial charge in [0.15, 0.2) is 0 Å². The maximum Gasteiger partial charge on any atom is 0.140 e. The van der Waals surface area contributed by atoms with Crippen LogP contribution >= 0.6 is 7.14 Å². The first-order valence-electron chi connectivity index (χ1n) is 6.14. The Labute approximate surface area is 109 Å². The number of hydrogen-bond acceptors (Lipinski definition) is 1. The fraction of sp³-hybridized carbons (Fsp3) is 0.250. The Morgan fingerprint density at radius 2 is 1.39 bits per heavy atom. The maximum absolute atomic E-state index is 13.2. The lowest BCUT2D eigenvalue weighted by Gasteiger charge is -2.19. The smallest absolute Gasteiger partial charge is 0.140 e. The third kappa shape index (κ3) is 2.28. The summed E-state index contributed by atoms with van der Waals surface area (Å²) in [5, 5.41) is 1.94. The zero-order valence-corrected chi connectivity index (χ0v) is 12.3. The molecule has 0 fully saturated rings. The quantitative estimate of drug-likeness (QED) is 0.753. The highest BCUT2D eigenvalue weighted by Gasteiger charge is 2.24. The third-order valence-corrected chi connectivity index (χ3v) is 6.15. The molecular formula is C16H19OP. The summed E-state index contributed by atoms with van der Waals surface area (Å²) in [7, 11) is -2.49. The second kappa shape index (κ2) is 4.74. The Balaban J connectivity index is 2.66. The van der Waals surface area contributed by atoms with Crippen molar-refractivity contribution in [3.05, 3.63) is 59.2 Å². The van der Waals surface area contributed by atoms with Crippen LogP contribution in [-0.2, 0) is 4.57 Å². The average molecular weight is 258 g/mol. The van der Waals surface area contributed by atoms with Gasteiger partial charge in [-0.15, -0.1) is 0 Å². The van der Waals surface area contributed by atoms with E-state index < -0.39 is 7.14 Å². The van der Waals surface area contributed by atoms with E-state index in [1.807, 2.05) is 37.0 Å². The van der Waals surface area contributed by atoms with Crippen LogP contribution in [0.3, 0.4) is 0 Å². The molecule has 2 aromatic carbocycles. The number of hydrogen-bond donors (Lipinski definition) is 0. The Bertz CT molecular complexity index is 591. The average Bonchev–Trinajstić information content (AvgIpc) is 2.28. The number of rotatable bonds is 2. The van der Waals surface area contributed by atoms with Gasteiger partial charge in [-0.3, -0.25) is 0 Å². The molecule has 1 nitrogen and oxygen atoms in total. The lowest BCUT2D eigenvalue weighted by atomic mass is 10.1. The molecule has 0 radical (unpaired) electrons. The minimum atomic E-state index is -2.49. The molecule has 0 saturated carbocycles. The van der Waals surface area contributed by atoms with Crippen LogP contribution in [0.1, 0.15) is 16.7 Å². The summed E-state index contributed by atoms with van der Waals surface area (Å²) in [6.07, 6.45) is 0. The van der Waals surface area contributed by atoms with Crippen LogP contribution in [0.2, 0.25) is 0 Å². The lowest BCUT2D eigenvalue weighted by molar-refractivity contribution is 0.590. The van der Waals surface area contributed by atoms with E-state index in [9.17, 15) is 4.57 Å². The molecule has 2 heteroatoms. The number of benzene rings is 2. The molecule has 0 aliphatic rings. The molecule has 0 aliphatic carbocycles. The SMILES string of the molecule is Cc1cc(C)c(P(C)(=O)c2ccccc2)c(C)c1. The molecule has 2 rings (SSSR count). The van der Waals surface area contributed by atoms with Gasteiger partial charge in [-0.2, -0.15) is 0 Å². The molecule has 18 heavy (non-hydrogen) atoms. The van der Waals surface area contributed by atoms with Gasteiger partial charge in [0.2, 0.25) is 0 Å². The van der Waals surface area contributed by atoms with Gasteiger partial charge < -0.3 is 4.57 Å². The van der Waals surface area contributed by atoms with Crippen LogP contribution in [0.15, 0.2) is 42.5 Å². The molecule has 0 spiro atoms. The first-order valence-corrected chi connectivity index (χ1v) is 8.30. The maximum atomic E-state index is 13.2. The van der Waals surface area contributed by atoms with E-state index in [0.717, 1.165) is 21.7 Å². The summed E-state index contributed by atoms with van der Waals surface area (Å²) in [4.78, 5) is 0. The number of aryl methyl sites for hydroxylation is 3. The molecule has 0 saturated heterocycles. The van der Waals surface area contributed by atoms with E-state index in [1.165, 1.54) is 5.56 Å². The van der Waals surface area contributed by atoms with Crippen LogP contribution in [-0.4, -0.2) is 6.66 Å². The highest BCUT2D eigenvalue weighted by Crippen LogP contribution is 2.41. The minimum Gasteiger partial charge on any atom is -0.314 e. The van der Waals surface area contributed by atoms with Crippen molar-refractivity contribution < 1.29 is 4.57 Å². The molecule has 0 N–H and O–H groups in total. The summed E-state index contributed by atoms with van der Waals surface area (Å²) < 4.78 is 13.2. The molecule has 0 bridgehead atoms. The second-order valence-corrected chi connectivity index (χ2v) is 7.82. The molecule has 0 aliphatic heterocycles. The predicted molar refractivity (Wildman–Crippen MR) is 79.9 cm³/mol. The Morgan fingerprint density at radius 3 is 1.89 bits per heavy atom. The van der Waals surface area contributed by atoms with Gasteiger partial charge in [-0.05, 0) is 38.6 Å². The summed E-state index contributed by atoms with van der Waals surface area (Å²) in [6, 6.07) is 14.0. The van der Waals surface area contributed by atoms with Crippen molar-refractivity contribution in [2.75, 3.05) is 6.66 Å². The van der Waals surface area contributed by atoms with E-state index in [1.54, 1.807) is 0 Å². The molecule has 2 aromatic rings. The topological polar surface area (TPSA) is 17.1 Å². The van der Waals surface area contributed by atoms with Crippen LogP contribution in [0, 0.1) is 20.8 Å². The molecular weight excluding hydrogens is 239 g/mol. The molecule has 0 heterocycles. The van der Waals surface area contributed by atoms with Crippen molar-refractivity contribution in [2.45, 2.75) is 20.8 Å². The van der Waals surface area contributed by atoms with Crippen molar-refractivity contribution in [3.8, 4) is 0 Å². The van der Waals surface area contributed by atoms with E-state index in [2.05, 4.69) is 32.9 Å². The summed E-state index contributed by atoms with van der Waals surface area (Å²) in [5.41, 5.74) is 3.48. The van der Waals surface area contributed by atoms with Crippen LogP contribution in [0.5, 0.6) is 0 Å². The first-order chi connectivity index (χ1) is 8.43. The van der Waals surface area contributed by atoms with Gasteiger partial charge in [0, 0.05) is 10.6 Å². The molecule has 0 aromatic heterocycles. The highest BCUT2D eigenvalue weighted by atomic mass is 31.2. The van der Waals surface area contributed by atoms with Crippen LogP contribution in [0.4, 0.5) is 0 Å². The van der Waals surface area contributed by atoms with Crippen LogP contribution in [0.25, 0.3) is 0 Å². The van der Waals surface area contributed by atoms with Gasteiger partial charge in [0.25, 0.3) is 0 Å². The first kappa shape index (κ1) is 13.1. The fourth-order valence-electron chi connectivity index (χ4n) is 2.69. The highest BCUT2D eigenvalue weighted by molar-refractivity contribution is 7.78. The molecule has 1 atom stereocenters. The summed E-state index contributed by atoms with van der Waals surface area (Å²) in [5.74, 6) is 0. The normalized spacial score (nSPS) is 14.2. The van der Waals surface area contributed by atoms with E-state index in [-0.39, 0.29) is 0 Å². The minimum absolute atomic E-state index is 0.931. The van der Waals surface area contributed by atoms with E-state index in [0.29, 0.717) is 0 Å². The van der Waals surface area contributed by atoms with Crippen molar-refractivity contribution in [2.24, 2.45) is 0 Å². The summed E-state index contributed by atoms with van der Waals surface area (Å²) >= 11 is 0. The summed E-state index contributed by atoms with van der Waals surface area (Å²) in [6.45, 7) is 8.04. The van der Waals surface area contributed by atoms with Crippen molar-refractivity contribution in [3.63, 3.8) is 0 Å². The van der Waals surface area contributed by atoms with Crippen molar-refractivity contribution in [1.82, 2.24) is 0 Å². The Morgan fingerprint density at radius 1 is 0.889 bits per heavy atom. The standard InChI is InChI=1S/C16H19OP/c1-12-10-13(2)16(14(3)11-12)18(4,17)15-8-6-5-7-9-15/h5-11H,1-4H3. The molecule has 0 amide bonds. The lowest BCUT2D eigenvalue weighted by Crippen LogP contribution is -2.20. The van der Waals surface area contributed by atoms with Gasteiger partial charge >= 0.3 is 0 Å².